The predicted octanol–water partition coefficient (Wildman–Crippen LogP) is 2.81. The van der Waals surface area contributed by atoms with E-state index in [1.54, 1.807) is 29.2 Å². The average Bonchev–Trinajstić information content (AvgIpc) is 3.15. The second kappa shape index (κ2) is 9.72. The number of sulfonamides is 1. The van der Waals surface area contributed by atoms with E-state index in [4.69, 9.17) is 4.74 Å². The summed E-state index contributed by atoms with van der Waals surface area (Å²) in [5, 5.41) is 0. The van der Waals surface area contributed by atoms with E-state index in [9.17, 15) is 21.6 Å². The van der Waals surface area contributed by atoms with E-state index in [1.165, 1.54) is 38.4 Å². The molecule has 1 amide bonds. The van der Waals surface area contributed by atoms with Crippen molar-refractivity contribution >= 4 is 31.5 Å². The summed E-state index contributed by atoms with van der Waals surface area (Å²) in [5.74, 6) is 0.318. The summed E-state index contributed by atoms with van der Waals surface area (Å²) in [4.78, 5) is 14.9. The van der Waals surface area contributed by atoms with Crippen LogP contribution in [0.2, 0.25) is 0 Å². The van der Waals surface area contributed by atoms with Crippen molar-refractivity contribution in [3.63, 3.8) is 0 Å². The summed E-state index contributed by atoms with van der Waals surface area (Å²) < 4.78 is 56.6. The van der Waals surface area contributed by atoms with E-state index in [0.29, 0.717) is 30.0 Å². The second-order valence-corrected chi connectivity index (χ2v) is 12.8. The van der Waals surface area contributed by atoms with Crippen molar-refractivity contribution in [1.82, 2.24) is 4.90 Å². The van der Waals surface area contributed by atoms with E-state index in [0.717, 1.165) is 4.31 Å². The molecule has 3 rings (SSSR count). The molecule has 0 bridgehead atoms. The van der Waals surface area contributed by atoms with Crippen molar-refractivity contribution in [3.8, 4) is 5.75 Å². The smallest absolute Gasteiger partial charge is 0.264 e. The number of methoxy groups -OCH3 is 1. The normalized spacial score (nSPS) is 17.7. The fraction of sp³-hybridized carbons (Fsp3) is 0.435. The first kappa shape index (κ1) is 25.0. The molecule has 0 spiro atoms. The average molecular weight is 495 g/mol. The van der Waals surface area contributed by atoms with Crippen LogP contribution in [0, 0.1) is 5.92 Å². The van der Waals surface area contributed by atoms with Crippen LogP contribution < -0.4 is 9.04 Å². The van der Waals surface area contributed by atoms with Crippen LogP contribution in [-0.4, -0.2) is 65.9 Å². The number of nitrogens with zero attached hydrogens (tertiary/aromatic N) is 2. The van der Waals surface area contributed by atoms with Gasteiger partial charge in [-0.2, -0.15) is 0 Å². The third kappa shape index (κ3) is 5.50. The topological polar surface area (TPSA) is 101 Å². The molecule has 8 nitrogen and oxygen atoms in total. The number of benzene rings is 2. The molecule has 10 heteroatoms. The minimum atomic E-state index is -3.89. The van der Waals surface area contributed by atoms with Gasteiger partial charge in [-0.05, 0) is 48.7 Å². The van der Waals surface area contributed by atoms with Crippen LogP contribution in [0.3, 0.4) is 0 Å². The third-order valence-electron chi connectivity index (χ3n) is 5.66. The zero-order chi connectivity index (χ0) is 24.4. The van der Waals surface area contributed by atoms with Crippen LogP contribution in [0.5, 0.6) is 5.75 Å². The lowest BCUT2D eigenvalue weighted by atomic mass is 10.1. The highest BCUT2D eigenvalue weighted by Crippen LogP contribution is 2.31. The molecule has 180 valence electrons. The van der Waals surface area contributed by atoms with Gasteiger partial charge < -0.3 is 9.64 Å². The number of carbonyl (C=O) groups is 1. The van der Waals surface area contributed by atoms with Gasteiger partial charge in [-0.1, -0.05) is 26.0 Å². The van der Waals surface area contributed by atoms with E-state index >= 15 is 0 Å². The van der Waals surface area contributed by atoms with Gasteiger partial charge in [-0.25, -0.2) is 16.8 Å². The molecule has 0 saturated carbocycles. The molecule has 1 heterocycles. The fourth-order valence-corrected chi connectivity index (χ4v) is 6.86. The number of para-hydroxylation sites is 2. The molecular formula is C23H30N2O6S2. The molecule has 2 aromatic carbocycles. The minimum absolute atomic E-state index is 0.0336. The van der Waals surface area contributed by atoms with Crippen molar-refractivity contribution in [2.75, 3.05) is 36.5 Å². The molecule has 2 aromatic rings. The molecule has 1 unspecified atom stereocenters. The van der Waals surface area contributed by atoms with Gasteiger partial charge >= 0.3 is 0 Å². The van der Waals surface area contributed by atoms with Gasteiger partial charge in [0.05, 0.1) is 29.2 Å². The van der Waals surface area contributed by atoms with E-state index in [-0.39, 0.29) is 34.3 Å². The molecule has 1 aliphatic heterocycles. The largest absolute Gasteiger partial charge is 0.495 e. The van der Waals surface area contributed by atoms with Crippen LogP contribution in [0.1, 0.15) is 30.6 Å². The van der Waals surface area contributed by atoms with Gasteiger partial charge in [-0.3, -0.25) is 9.10 Å². The van der Waals surface area contributed by atoms with Gasteiger partial charge in [0.2, 0.25) is 0 Å². The first-order chi connectivity index (χ1) is 15.5. The maximum absolute atomic E-state index is 13.2. The number of amides is 1. The summed E-state index contributed by atoms with van der Waals surface area (Å²) in [5.41, 5.74) is 0.713. The van der Waals surface area contributed by atoms with Crippen LogP contribution in [0.15, 0.2) is 53.4 Å². The highest BCUT2D eigenvalue weighted by atomic mass is 32.2. The Morgan fingerprint density at radius 1 is 1.12 bits per heavy atom. The lowest BCUT2D eigenvalue weighted by Crippen LogP contribution is -2.43. The first-order valence-electron chi connectivity index (χ1n) is 10.7. The quantitative estimate of drug-likeness (QED) is 0.559. The number of anilines is 1. The van der Waals surface area contributed by atoms with Crippen LogP contribution in [0.4, 0.5) is 5.69 Å². The summed E-state index contributed by atoms with van der Waals surface area (Å²) in [7, 11) is -4.12. The van der Waals surface area contributed by atoms with Crippen molar-refractivity contribution in [2.45, 2.75) is 31.2 Å². The van der Waals surface area contributed by atoms with Crippen molar-refractivity contribution < 1.29 is 26.4 Å². The SMILES string of the molecule is COc1ccccc1N(C)S(=O)(=O)c1ccc(C(=O)N(CC(C)C)C2CCS(=O)(=O)C2)cc1. The van der Waals surface area contributed by atoms with Crippen molar-refractivity contribution in [2.24, 2.45) is 5.92 Å². The monoisotopic (exact) mass is 494 g/mol. The summed E-state index contributed by atoms with van der Waals surface area (Å²) >= 11 is 0. The van der Waals surface area contributed by atoms with Gasteiger partial charge in [0, 0.05) is 25.2 Å². The standard InChI is InChI=1S/C23H30N2O6S2/c1-17(2)15-25(19-13-14-32(27,28)16-19)23(26)18-9-11-20(12-10-18)33(29,30)24(3)21-7-5-6-8-22(21)31-4/h5-12,17,19H,13-16H2,1-4H3. The minimum Gasteiger partial charge on any atom is -0.495 e. The van der Waals surface area contributed by atoms with Gasteiger partial charge in [0.1, 0.15) is 5.75 Å². The Balaban J connectivity index is 1.86. The Hall–Kier alpha value is -2.59. The summed E-state index contributed by atoms with van der Waals surface area (Å²) in [6.45, 7) is 4.36. The molecule has 1 aliphatic rings. The van der Waals surface area contributed by atoms with Crippen LogP contribution in [0.25, 0.3) is 0 Å². The number of ether oxygens (including phenoxy) is 1. The molecule has 33 heavy (non-hydrogen) atoms. The lowest BCUT2D eigenvalue weighted by Gasteiger charge is -2.30. The zero-order valence-corrected chi connectivity index (χ0v) is 20.9. The number of hydrogen-bond acceptors (Lipinski definition) is 6. The Morgan fingerprint density at radius 2 is 1.76 bits per heavy atom. The summed E-state index contributed by atoms with van der Waals surface area (Å²) in [6, 6.07) is 12.2. The molecule has 1 atom stereocenters. The first-order valence-corrected chi connectivity index (χ1v) is 14.0. The molecule has 0 aromatic heterocycles. The summed E-state index contributed by atoms with van der Waals surface area (Å²) in [6.07, 6.45) is 0.414. The van der Waals surface area contributed by atoms with Gasteiger partial charge in [0.15, 0.2) is 9.84 Å². The Bertz CT molecular complexity index is 1210. The van der Waals surface area contributed by atoms with Crippen LogP contribution in [-0.2, 0) is 19.9 Å². The molecule has 0 aliphatic carbocycles. The Morgan fingerprint density at radius 3 is 2.30 bits per heavy atom. The van der Waals surface area contributed by atoms with Crippen LogP contribution >= 0.6 is 0 Å². The number of hydrogen-bond donors (Lipinski definition) is 0. The van der Waals surface area contributed by atoms with Gasteiger partial charge in [-0.15, -0.1) is 0 Å². The number of sulfone groups is 1. The number of carbonyl (C=O) groups excluding carboxylic acids is 1. The predicted molar refractivity (Wildman–Crippen MR) is 128 cm³/mol. The molecule has 1 fully saturated rings. The Labute approximate surface area is 196 Å². The lowest BCUT2D eigenvalue weighted by molar-refractivity contribution is 0.0672. The van der Waals surface area contributed by atoms with Crippen molar-refractivity contribution in [3.05, 3.63) is 54.1 Å². The van der Waals surface area contributed by atoms with E-state index in [1.807, 2.05) is 13.8 Å². The molecule has 0 N–H and O–H groups in total. The zero-order valence-electron chi connectivity index (χ0n) is 19.3. The van der Waals surface area contributed by atoms with Crippen molar-refractivity contribution in [1.29, 1.82) is 0 Å². The maximum Gasteiger partial charge on any atom is 0.264 e. The highest BCUT2D eigenvalue weighted by molar-refractivity contribution is 7.92. The fourth-order valence-electron chi connectivity index (χ4n) is 3.93. The molecule has 0 radical (unpaired) electrons. The highest BCUT2D eigenvalue weighted by Gasteiger charge is 2.35. The second-order valence-electron chi connectivity index (χ2n) is 8.58. The maximum atomic E-state index is 13.2. The van der Waals surface area contributed by atoms with Gasteiger partial charge in [0.25, 0.3) is 15.9 Å². The molecule has 1 saturated heterocycles. The third-order valence-corrected chi connectivity index (χ3v) is 9.19. The Kier molecular flexibility index (Phi) is 7.38. The van der Waals surface area contributed by atoms with E-state index in [2.05, 4.69) is 0 Å². The molecular weight excluding hydrogens is 464 g/mol. The number of rotatable bonds is 8. The van der Waals surface area contributed by atoms with E-state index < -0.39 is 19.9 Å².